The Kier molecular flexibility index (Phi) is 6.19. The van der Waals surface area contributed by atoms with E-state index in [0.717, 1.165) is 10.2 Å². The third-order valence-electron chi connectivity index (χ3n) is 2.83. The summed E-state index contributed by atoms with van der Waals surface area (Å²) < 4.78 is 1.57. The molecule has 0 radical (unpaired) electrons. The van der Waals surface area contributed by atoms with Gasteiger partial charge in [0, 0.05) is 10.2 Å². The van der Waals surface area contributed by atoms with Crippen molar-refractivity contribution in [2.45, 2.75) is 4.34 Å². The minimum Gasteiger partial charge on any atom is -0.325 e. The number of aromatic nitrogens is 2. The fourth-order valence-corrected chi connectivity index (χ4v) is 4.17. The second-order valence-corrected chi connectivity index (χ2v) is 8.71. The summed E-state index contributed by atoms with van der Waals surface area (Å²) in [7, 11) is 0. The van der Waals surface area contributed by atoms with Crippen LogP contribution in [0.25, 0.3) is 0 Å². The standard InChI is InChI=1S/C15H11BrN4O2S3/c16-9-3-5-10(6-4-9)17-12(21)8-24-15-20-19-14(25-15)18-13(22)11-2-1-7-23-11/h1-7H,8H2,(H,17,21)(H,18,19,22). The Morgan fingerprint density at radius 3 is 2.64 bits per heavy atom. The molecule has 0 aliphatic heterocycles. The Morgan fingerprint density at radius 1 is 1.12 bits per heavy atom. The molecule has 0 saturated carbocycles. The number of rotatable bonds is 6. The molecule has 2 N–H and O–H groups in total. The van der Waals surface area contributed by atoms with E-state index in [1.165, 1.54) is 34.4 Å². The molecular weight excluding hydrogens is 444 g/mol. The van der Waals surface area contributed by atoms with Gasteiger partial charge in [0.2, 0.25) is 11.0 Å². The van der Waals surface area contributed by atoms with Gasteiger partial charge in [0.05, 0.1) is 10.6 Å². The largest absolute Gasteiger partial charge is 0.325 e. The molecule has 0 spiro atoms. The predicted octanol–water partition coefficient (Wildman–Crippen LogP) is 4.35. The van der Waals surface area contributed by atoms with Gasteiger partial charge in [-0.25, -0.2) is 0 Å². The first-order chi connectivity index (χ1) is 12.1. The van der Waals surface area contributed by atoms with Crippen LogP contribution in [0.4, 0.5) is 10.8 Å². The number of thioether (sulfide) groups is 1. The predicted molar refractivity (Wildman–Crippen MR) is 106 cm³/mol. The number of thiophene rings is 1. The monoisotopic (exact) mass is 454 g/mol. The van der Waals surface area contributed by atoms with Gasteiger partial charge in [0.15, 0.2) is 4.34 Å². The molecule has 3 aromatic rings. The molecule has 3 rings (SSSR count). The first-order valence-electron chi connectivity index (χ1n) is 6.97. The number of amides is 2. The molecule has 2 amide bonds. The summed E-state index contributed by atoms with van der Waals surface area (Å²) in [5.41, 5.74) is 0.731. The van der Waals surface area contributed by atoms with Crippen LogP contribution in [-0.4, -0.2) is 27.8 Å². The second-order valence-electron chi connectivity index (χ2n) is 4.65. The first-order valence-corrected chi connectivity index (χ1v) is 10.4. The molecule has 0 fully saturated rings. The summed E-state index contributed by atoms with van der Waals surface area (Å²) >= 11 is 7.21. The third kappa shape index (κ3) is 5.36. The van der Waals surface area contributed by atoms with Crippen molar-refractivity contribution in [1.29, 1.82) is 0 Å². The molecule has 128 valence electrons. The summed E-state index contributed by atoms with van der Waals surface area (Å²) in [5.74, 6) is -0.133. The summed E-state index contributed by atoms with van der Waals surface area (Å²) in [6.45, 7) is 0. The average Bonchev–Trinajstić information content (AvgIpc) is 3.27. The van der Waals surface area contributed by atoms with Gasteiger partial charge in [0.25, 0.3) is 5.91 Å². The zero-order valence-electron chi connectivity index (χ0n) is 12.6. The number of nitrogens with zero attached hydrogens (tertiary/aromatic N) is 2. The van der Waals surface area contributed by atoms with Crippen LogP contribution in [0.15, 0.2) is 50.6 Å². The normalized spacial score (nSPS) is 10.4. The maximum Gasteiger partial charge on any atom is 0.267 e. The van der Waals surface area contributed by atoms with Crippen LogP contribution in [-0.2, 0) is 4.79 Å². The van der Waals surface area contributed by atoms with Gasteiger partial charge < -0.3 is 5.32 Å². The fourth-order valence-electron chi connectivity index (χ4n) is 1.74. The van der Waals surface area contributed by atoms with Crippen LogP contribution in [0.5, 0.6) is 0 Å². The molecule has 0 unspecified atom stereocenters. The van der Waals surface area contributed by atoms with Crippen molar-refractivity contribution in [2.24, 2.45) is 0 Å². The number of hydrogen-bond acceptors (Lipinski definition) is 7. The molecule has 0 bridgehead atoms. The van der Waals surface area contributed by atoms with Crippen LogP contribution in [0, 0.1) is 0 Å². The van der Waals surface area contributed by atoms with E-state index < -0.39 is 0 Å². The lowest BCUT2D eigenvalue weighted by atomic mass is 10.3. The fraction of sp³-hybridized carbons (Fsp3) is 0.0667. The highest BCUT2D eigenvalue weighted by Gasteiger charge is 2.12. The Labute approximate surface area is 164 Å². The number of nitrogens with one attached hydrogen (secondary N) is 2. The Morgan fingerprint density at radius 2 is 1.92 bits per heavy atom. The van der Waals surface area contributed by atoms with Crippen LogP contribution in [0.1, 0.15) is 9.67 Å². The lowest BCUT2D eigenvalue weighted by molar-refractivity contribution is -0.113. The van der Waals surface area contributed by atoms with Crippen molar-refractivity contribution in [3.63, 3.8) is 0 Å². The van der Waals surface area contributed by atoms with Crippen molar-refractivity contribution in [3.8, 4) is 0 Å². The summed E-state index contributed by atoms with van der Waals surface area (Å²) in [6.07, 6.45) is 0. The molecule has 2 heterocycles. The molecule has 0 atom stereocenters. The van der Waals surface area contributed by atoms with Gasteiger partial charge >= 0.3 is 0 Å². The molecule has 1 aromatic carbocycles. The summed E-state index contributed by atoms with van der Waals surface area (Å²) in [6, 6.07) is 10.9. The van der Waals surface area contributed by atoms with Crippen molar-refractivity contribution >= 4 is 73.0 Å². The van der Waals surface area contributed by atoms with Gasteiger partial charge in [-0.05, 0) is 35.7 Å². The van der Waals surface area contributed by atoms with E-state index in [0.29, 0.717) is 14.3 Å². The van der Waals surface area contributed by atoms with Crippen molar-refractivity contribution < 1.29 is 9.59 Å². The molecule has 0 aliphatic rings. The van der Waals surface area contributed by atoms with Crippen molar-refractivity contribution in [2.75, 3.05) is 16.4 Å². The van der Waals surface area contributed by atoms with Gasteiger partial charge in [-0.1, -0.05) is 45.1 Å². The van der Waals surface area contributed by atoms with Crippen molar-refractivity contribution in [3.05, 3.63) is 51.1 Å². The van der Waals surface area contributed by atoms with E-state index in [1.54, 1.807) is 6.07 Å². The number of carbonyl (C=O) groups is 2. The van der Waals surface area contributed by atoms with Gasteiger partial charge in [0.1, 0.15) is 0 Å². The third-order valence-corrected chi connectivity index (χ3v) is 6.20. The van der Waals surface area contributed by atoms with E-state index in [2.05, 4.69) is 36.8 Å². The van der Waals surface area contributed by atoms with Crippen LogP contribution in [0.3, 0.4) is 0 Å². The topological polar surface area (TPSA) is 84.0 Å². The number of halogens is 1. The zero-order valence-corrected chi connectivity index (χ0v) is 16.6. The maximum atomic E-state index is 12.0. The molecule has 25 heavy (non-hydrogen) atoms. The van der Waals surface area contributed by atoms with Gasteiger partial charge in [-0.2, -0.15) is 0 Å². The minimum atomic E-state index is -0.212. The van der Waals surface area contributed by atoms with Gasteiger partial charge in [-0.3, -0.25) is 14.9 Å². The molecular formula is C15H11BrN4O2S3. The van der Waals surface area contributed by atoms with Crippen molar-refractivity contribution in [1.82, 2.24) is 10.2 Å². The van der Waals surface area contributed by atoms with Crippen LogP contribution < -0.4 is 10.6 Å². The lowest BCUT2D eigenvalue weighted by Gasteiger charge is -2.03. The smallest absolute Gasteiger partial charge is 0.267 e. The first kappa shape index (κ1) is 18.1. The van der Waals surface area contributed by atoms with E-state index in [9.17, 15) is 9.59 Å². The maximum absolute atomic E-state index is 12.0. The Bertz CT molecular complexity index is 865. The van der Waals surface area contributed by atoms with E-state index in [4.69, 9.17) is 0 Å². The molecule has 2 aromatic heterocycles. The van der Waals surface area contributed by atoms with Crippen LogP contribution >= 0.6 is 50.4 Å². The summed E-state index contributed by atoms with van der Waals surface area (Å²) in [5, 5.41) is 15.6. The lowest BCUT2D eigenvalue weighted by Crippen LogP contribution is -2.13. The molecule has 0 saturated heterocycles. The Hall–Kier alpha value is -1.75. The zero-order chi connectivity index (χ0) is 17.6. The summed E-state index contributed by atoms with van der Waals surface area (Å²) in [4.78, 5) is 24.5. The highest BCUT2D eigenvalue weighted by Crippen LogP contribution is 2.26. The highest BCUT2D eigenvalue weighted by molar-refractivity contribution is 9.10. The number of benzene rings is 1. The average molecular weight is 455 g/mol. The van der Waals surface area contributed by atoms with E-state index >= 15 is 0 Å². The highest BCUT2D eigenvalue weighted by atomic mass is 79.9. The van der Waals surface area contributed by atoms with Gasteiger partial charge in [-0.15, -0.1) is 21.5 Å². The quantitative estimate of drug-likeness (QED) is 0.427. The number of anilines is 2. The van der Waals surface area contributed by atoms with E-state index in [1.807, 2.05) is 35.7 Å². The number of carbonyl (C=O) groups excluding carboxylic acids is 2. The second kappa shape index (κ2) is 8.56. The molecule has 6 nitrogen and oxygen atoms in total. The minimum absolute atomic E-state index is 0.133. The SMILES string of the molecule is O=C(CSc1nnc(NC(=O)c2cccs2)s1)Nc1ccc(Br)cc1. The van der Waals surface area contributed by atoms with E-state index in [-0.39, 0.29) is 17.6 Å². The molecule has 10 heteroatoms. The molecule has 0 aliphatic carbocycles. The van der Waals surface area contributed by atoms with Crippen LogP contribution in [0.2, 0.25) is 0 Å². The Balaban J connectivity index is 1.49. The number of hydrogen-bond donors (Lipinski definition) is 2.